The largest absolute Gasteiger partial charge is 0.477 e. The summed E-state index contributed by atoms with van der Waals surface area (Å²) in [4.78, 5) is 18.7. The van der Waals surface area contributed by atoms with E-state index in [9.17, 15) is 18.7 Å². The lowest BCUT2D eigenvalue weighted by Gasteiger charge is -2.46. The smallest absolute Gasteiger partial charge is 0.411 e. The van der Waals surface area contributed by atoms with Gasteiger partial charge in [0.05, 0.1) is 24.8 Å². The number of pyridine rings is 1. The first-order chi connectivity index (χ1) is 12.9. The minimum absolute atomic E-state index is 0.335. The van der Waals surface area contributed by atoms with Crippen LogP contribution in [0.15, 0.2) is 12.3 Å². The zero-order valence-electron chi connectivity index (χ0n) is 16.7. The number of carbonyl (C=O) groups is 1. The maximum Gasteiger partial charge on any atom is 0.411 e. The number of amides is 1. The Morgan fingerprint density at radius 1 is 1.32 bits per heavy atom. The van der Waals surface area contributed by atoms with E-state index in [0.29, 0.717) is 42.9 Å². The molecule has 1 saturated carbocycles. The normalized spacial score (nSPS) is 24.6. The SMILES string of the molecule is CC(F)(F)Cc1cnc2c(c1)C(N(C(=O)OC(C)(C)C)C1CCC1O)CCO2. The van der Waals surface area contributed by atoms with Crippen molar-refractivity contribution < 1.29 is 28.2 Å². The molecule has 0 aromatic carbocycles. The molecule has 2 heterocycles. The highest BCUT2D eigenvalue weighted by Crippen LogP contribution is 2.41. The molecule has 0 bridgehead atoms. The fraction of sp³-hybridized carbons (Fsp3) is 0.700. The summed E-state index contributed by atoms with van der Waals surface area (Å²) >= 11 is 0. The summed E-state index contributed by atoms with van der Waals surface area (Å²) in [6.07, 6.45) is 1.53. The highest BCUT2D eigenvalue weighted by Gasteiger charge is 2.44. The second kappa shape index (κ2) is 7.46. The molecule has 6 nitrogen and oxygen atoms in total. The predicted octanol–water partition coefficient (Wildman–Crippen LogP) is 3.86. The summed E-state index contributed by atoms with van der Waals surface area (Å²) in [7, 11) is 0. The lowest BCUT2D eigenvalue weighted by Crippen LogP contribution is -2.55. The topological polar surface area (TPSA) is 71.9 Å². The third kappa shape index (κ3) is 4.71. The number of rotatable bonds is 4. The Kier molecular flexibility index (Phi) is 5.53. The van der Waals surface area contributed by atoms with Gasteiger partial charge in [0.2, 0.25) is 11.8 Å². The van der Waals surface area contributed by atoms with Crippen LogP contribution in [0.5, 0.6) is 5.88 Å². The maximum atomic E-state index is 13.5. The second-order valence-electron chi connectivity index (χ2n) is 8.74. The molecular weight excluding hydrogens is 370 g/mol. The number of ether oxygens (including phenoxy) is 2. The number of fused-ring (bicyclic) bond motifs is 1. The fourth-order valence-electron chi connectivity index (χ4n) is 3.64. The van der Waals surface area contributed by atoms with Gasteiger partial charge in [0.15, 0.2) is 0 Å². The number of hydrogen-bond acceptors (Lipinski definition) is 5. The summed E-state index contributed by atoms with van der Waals surface area (Å²) in [5.41, 5.74) is 0.264. The van der Waals surface area contributed by atoms with Gasteiger partial charge in [-0.25, -0.2) is 18.6 Å². The maximum absolute atomic E-state index is 13.5. The van der Waals surface area contributed by atoms with Gasteiger partial charge < -0.3 is 14.6 Å². The first-order valence-corrected chi connectivity index (χ1v) is 9.63. The zero-order valence-corrected chi connectivity index (χ0v) is 16.7. The number of nitrogens with zero attached hydrogens (tertiary/aromatic N) is 2. The van der Waals surface area contributed by atoms with Crippen molar-refractivity contribution in [3.63, 3.8) is 0 Å². The number of halogens is 2. The van der Waals surface area contributed by atoms with Crippen LogP contribution in [0.4, 0.5) is 13.6 Å². The molecule has 1 N–H and O–H groups in total. The van der Waals surface area contributed by atoms with Crippen LogP contribution in [0, 0.1) is 0 Å². The van der Waals surface area contributed by atoms with Crippen LogP contribution in [-0.2, 0) is 11.2 Å². The molecule has 0 spiro atoms. The molecule has 1 aliphatic carbocycles. The number of aliphatic hydroxyl groups excluding tert-OH is 1. The summed E-state index contributed by atoms with van der Waals surface area (Å²) in [6, 6.07) is 0.810. The Hall–Kier alpha value is -1.96. The number of carbonyl (C=O) groups excluding carboxylic acids is 1. The van der Waals surface area contributed by atoms with Gasteiger partial charge in [-0.05, 0) is 52.2 Å². The van der Waals surface area contributed by atoms with E-state index in [1.165, 1.54) is 6.20 Å². The van der Waals surface area contributed by atoms with Crippen molar-refractivity contribution in [3.8, 4) is 5.88 Å². The van der Waals surface area contributed by atoms with Crippen molar-refractivity contribution in [3.05, 3.63) is 23.4 Å². The number of hydrogen-bond donors (Lipinski definition) is 1. The third-order valence-electron chi connectivity index (χ3n) is 4.94. The molecule has 0 radical (unpaired) electrons. The van der Waals surface area contributed by atoms with Crippen molar-refractivity contribution >= 4 is 6.09 Å². The Bertz CT molecular complexity index is 730. The highest BCUT2D eigenvalue weighted by molar-refractivity contribution is 5.70. The van der Waals surface area contributed by atoms with E-state index in [1.54, 1.807) is 31.7 Å². The van der Waals surface area contributed by atoms with Crippen molar-refractivity contribution in [1.29, 1.82) is 0 Å². The van der Waals surface area contributed by atoms with E-state index < -0.39 is 36.2 Å². The first-order valence-electron chi connectivity index (χ1n) is 9.63. The third-order valence-corrected chi connectivity index (χ3v) is 4.94. The van der Waals surface area contributed by atoms with Gasteiger partial charge in [0.1, 0.15) is 5.60 Å². The standard InChI is InChI=1S/C20H28F2N2O4/c1-19(2,3)28-18(26)24(15-5-6-16(15)25)14-7-8-27-17-13(14)9-12(11-23-17)10-20(4,21)22/h9,11,14-16,25H,5-8,10H2,1-4H3. The Labute approximate surface area is 163 Å². The van der Waals surface area contributed by atoms with E-state index in [1.807, 2.05) is 0 Å². The molecule has 3 rings (SSSR count). The van der Waals surface area contributed by atoms with Crippen LogP contribution >= 0.6 is 0 Å². The lowest BCUT2D eigenvalue weighted by molar-refractivity contribution is -0.0596. The molecule has 2 aliphatic rings. The number of alkyl halides is 2. The van der Waals surface area contributed by atoms with Gasteiger partial charge in [-0.2, -0.15) is 0 Å². The van der Waals surface area contributed by atoms with Crippen LogP contribution in [-0.4, -0.2) is 51.4 Å². The predicted molar refractivity (Wildman–Crippen MR) is 98.5 cm³/mol. The summed E-state index contributed by atoms with van der Waals surface area (Å²) < 4.78 is 38.1. The molecule has 1 aliphatic heterocycles. The van der Waals surface area contributed by atoms with Gasteiger partial charge >= 0.3 is 6.09 Å². The Morgan fingerprint density at radius 2 is 2.04 bits per heavy atom. The fourth-order valence-corrected chi connectivity index (χ4v) is 3.64. The van der Waals surface area contributed by atoms with Crippen LogP contribution in [0.25, 0.3) is 0 Å². The van der Waals surface area contributed by atoms with Gasteiger partial charge in [0, 0.05) is 24.6 Å². The average Bonchev–Trinajstić information content (AvgIpc) is 2.54. The molecule has 1 aromatic heterocycles. The van der Waals surface area contributed by atoms with Gasteiger partial charge in [-0.1, -0.05) is 0 Å². The summed E-state index contributed by atoms with van der Waals surface area (Å²) in [5, 5.41) is 10.2. The number of aromatic nitrogens is 1. The van der Waals surface area contributed by atoms with Crippen molar-refractivity contribution in [1.82, 2.24) is 9.88 Å². The monoisotopic (exact) mass is 398 g/mol. The first kappa shape index (κ1) is 20.8. The molecule has 1 fully saturated rings. The van der Waals surface area contributed by atoms with Crippen LogP contribution < -0.4 is 4.74 Å². The summed E-state index contributed by atoms with van der Waals surface area (Å²) in [6.45, 7) is 6.54. The quantitative estimate of drug-likeness (QED) is 0.834. The van der Waals surface area contributed by atoms with E-state index in [-0.39, 0.29) is 6.04 Å². The van der Waals surface area contributed by atoms with Crippen molar-refractivity contribution in [2.24, 2.45) is 0 Å². The molecule has 8 heteroatoms. The van der Waals surface area contributed by atoms with E-state index in [0.717, 1.165) is 6.92 Å². The lowest BCUT2D eigenvalue weighted by atomic mass is 9.85. The molecule has 0 saturated heterocycles. The molecule has 3 unspecified atom stereocenters. The molecular formula is C20H28F2N2O4. The molecule has 156 valence electrons. The zero-order chi connectivity index (χ0) is 20.7. The van der Waals surface area contributed by atoms with Crippen molar-refractivity contribution in [2.45, 2.75) is 83.1 Å². The van der Waals surface area contributed by atoms with E-state index >= 15 is 0 Å². The van der Waals surface area contributed by atoms with E-state index in [2.05, 4.69) is 4.98 Å². The summed E-state index contributed by atoms with van der Waals surface area (Å²) in [5.74, 6) is -2.53. The Balaban J connectivity index is 1.95. The van der Waals surface area contributed by atoms with Crippen LogP contribution in [0.2, 0.25) is 0 Å². The molecule has 28 heavy (non-hydrogen) atoms. The molecule has 3 atom stereocenters. The van der Waals surface area contributed by atoms with Gasteiger partial charge in [-0.3, -0.25) is 4.90 Å². The van der Waals surface area contributed by atoms with Gasteiger partial charge in [-0.15, -0.1) is 0 Å². The van der Waals surface area contributed by atoms with Crippen LogP contribution in [0.1, 0.15) is 64.1 Å². The minimum atomic E-state index is -2.87. The molecule has 1 aromatic rings. The number of aliphatic hydroxyl groups is 1. The van der Waals surface area contributed by atoms with E-state index in [4.69, 9.17) is 9.47 Å². The molecule has 1 amide bonds. The minimum Gasteiger partial charge on any atom is -0.477 e. The highest BCUT2D eigenvalue weighted by atomic mass is 19.3. The second-order valence-corrected chi connectivity index (χ2v) is 8.74. The van der Waals surface area contributed by atoms with Crippen molar-refractivity contribution in [2.75, 3.05) is 6.61 Å². The Morgan fingerprint density at radius 3 is 2.57 bits per heavy atom. The average molecular weight is 398 g/mol. The van der Waals surface area contributed by atoms with Gasteiger partial charge in [0.25, 0.3) is 0 Å². The van der Waals surface area contributed by atoms with Crippen LogP contribution in [0.3, 0.4) is 0 Å².